The van der Waals surface area contributed by atoms with Crippen LogP contribution < -0.4 is 11.1 Å². The Hall–Kier alpha value is -1.36. The summed E-state index contributed by atoms with van der Waals surface area (Å²) >= 11 is 0. The minimum Gasteiger partial charge on any atom is -0.348 e. The summed E-state index contributed by atoms with van der Waals surface area (Å²) in [4.78, 5) is 11.9. The third-order valence-corrected chi connectivity index (χ3v) is 3.16. The first kappa shape index (κ1) is 14.7. The summed E-state index contributed by atoms with van der Waals surface area (Å²) in [5.41, 5.74) is 7.94. The van der Waals surface area contributed by atoms with E-state index in [1.165, 1.54) is 0 Å². The van der Waals surface area contributed by atoms with Gasteiger partial charge in [0, 0.05) is 18.3 Å². The molecular weight excluding hydrogens is 228 g/mol. The molecule has 0 aliphatic heterocycles. The normalized spacial score (nSPS) is 14.6. The Morgan fingerprint density at radius 1 is 1.50 bits per heavy atom. The maximum Gasteiger partial charge on any atom is 0.237 e. The molecule has 0 aliphatic rings. The van der Waals surface area contributed by atoms with E-state index in [-0.39, 0.29) is 11.9 Å². The number of nitrogens with zero attached hydrogens (tertiary/aromatic N) is 2. The Morgan fingerprint density at radius 2 is 2.11 bits per heavy atom. The van der Waals surface area contributed by atoms with E-state index in [0.29, 0.717) is 12.3 Å². The summed E-state index contributed by atoms with van der Waals surface area (Å²) in [6.07, 6.45) is 2.48. The average Bonchev–Trinajstić information content (AvgIpc) is 2.58. The van der Waals surface area contributed by atoms with Gasteiger partial charge in [0.15, 0.2) is 0 Å². The van der Waals surface area contributed by atoms with Crippen LogP contribution in [0.3, 0.4) is 0 Å². The Balaban J connectivity index is 2.62. The fraction of sp³-hybridized carbons (Fsp3) is 0.692. The Labute approximate surface area is 109 Å². The summed E-state index contributed by atoms with van der Waals surface area (Å²) in [6, 6.07) is -0.506. The van der Waals surface area contributed by atoms with Crippen molar-refractivity contribution in [1.82, 2.24) is 15.1 Å². The Bertz CT molecular complexity index is 411. The predicted molar refractivity (Wildman–Crippen MR) is 71.9 cm³/mol. The van der Waals surface area contributed by atoms with E-state index in [9.17, 15) is 4.79 Å². The molecule has 0 spiro atoms. The molecule has 0 aliphatic carbocycles. The highest BCUT2D eigenvalue weighted by molar-refractivity contribution is 5.81. The van der Waals surface area contributed by atoms with E-state index in [1.807, 2.05) is 20.9 Å². The fourth-order valence-electron chi connectivity index (χ4n) is 1.95. The first-order valence-corrected chi connectivity index (χ1v) is 6.37. The van der Waals surface area contributed by atoms with Gasteiger partial charge in [-0.2, -0.15) is 5.10 Å². The molecule has 1 amide bonds. The number of hydrogen-bond donors (Lipinski definition) is 2. The first-order chi connectivity index (χ1) is 8.32. The van der Waals surface area contributed by atoms with Crippen LogP contribution in [0.2, 0.25) is 0 Å². The molecule has 0 bridgehead atoms. The van der Waals surface area contributed by atoms with Crippen LogP contribution in [0, 0.1) is 12.8 Å². The molecule has 1 aromatic rings. The summed E-state index contributed by atoms with van der Waals surface area (Å²) in [7, 11) is 1.89. The van der Waals surface area contributed by atoms with E-state index in [0.717, 1.165) is 11.3 Å². The van der Waals surface area contributed by atoms with Gasteiger partial charge in [-0.1, -0.05) is 13.8 Å². The number of rotatable bonds is 5. The van der Waals surface area contributed by atoms with Crippen molar-refractivity contribution >= 4 is 5.91 Å². The number of carbonyl (C=O) groups excluding carboxylic acids is 1. The second-order valence-electron chi connectivity index (χ2n) is 5.28. The molecule has 0 radical (unpaired) electrons. The smallest absolute Gasteiger partial charge is 0.237 e. The number of nitrogens with one attached hydrogen (secondary N) is 1. The average molecular weight is 252 g/mol. The zero-order valence-corrected chi connectivity index (χ0v) is 11.9. The van der Waals surface area contributed by atoms with Crippen molar-refractivity contribution < 1.29 is 4.79 Å². The summed E-state index contributed by atoms with van der Waals surface area (Å²) < 4.78 is 1.80. The van der Waals surface area contributed by atoms with Crippen LogP contribution in [0.25, 0.3) is 0 Å². The van der Waals surface area contributed by atoms with Crippen molar-refractivity contribution in [2.24, 2.45) is 18.7 Å². The van der Waals surface area contributed by atoms with Crippen LogP contribution in [-0.2, 0) is 11.8 Å². The van der Waals surface area contributed by atoms with Gasteiger partial charge in [0.2, 0.25) is 5.91 Å². The maximum atomic E-state index is 11.9. The van der Waals surface area contributed by atoms with Crippen molar-refractivity contribution in [2.75, 3.05) is 0 Å². The number of hydrogen-bond acceptors (Lipinski definition) is 3. The van der Waals surface area contributed by atoms with Gasteiger partial charge in [0.1, 0.15) is 0 Å². The zero-order valence-electron chi connectivity index (χ0n) is 11.9. The highest BCUT2D eigenvalue weighted by Crippen LogP contribution is 2.16. The molecule has 2 atom stereocenters. The van der Waals surface area contributed by atoms with Gasteiger partial charge < -0.3 is 11.1 Å². The highest BCUT2D eigenvalue weighted by atomic mass is 16.2. The molecule has 1 unspecified atom stereocenters. The lowest BCUT2D eigenvalue weighted by Crippen LogP contribution is -2.42. The minimum absolute atomic E-state index is 0.0654. The van der Waals surface area contributed by atoms with Gasteiger partial charge in [0.05, 0.1) is 18.3 Å². The number of nitrogens with two attached hydrogens (primary N) is 1. The fourth-order valence-corrected chi connectivity index (χ4v) is 1.95. The van der Waals surface area contributed by atoms with E-state index >= 15 is 0 Å². The van der Waals surface area contributed by atoms with Gasteiger partial charge >= 0.3 is 0 Å². The SMILES string of the molecule is Cc1c(C(C)NC(=O)[C@@H](N)CC(C)C)cnn1C. The Kier molecular flexibility index (Phi) is 4.90. The molecule has 18 heavy (non-hydrogen) atoms. The van der Waals surface area contributed by atoms with Gasteiger partial charge in [-0.3, -0.25) is 9.48 Å². The molecule has 3 N–H and O–H groups in total. The van der Waals surface area contributed by atoms with Crippen LogP contribution in [0.1, 0.15) is 44.5 Å². The Morgan fingerprint density at radius 3 is 2.56 bits per heavy atom. The highest BCUT2D eigenvalue weighted by Gasteiger charge is 2.19. The van der Waals surface area contributed by atoms with E-state index in [4.69, 9.17) is 5.73 Å². The summed E-state index contributed by atoms with van der Waals surface area (Å²) in [6.45, 7) is 8.05. The molecule has 0 aromatic carbocycles. The quantitative estimate of drug-likeness (QED) is 0.829. The molecule has 0 saturated carbocycles. The maximum absolute atomic E-state index is 11.9. The van der Waals surface area contributed by atoms with Crippen LogP contribution in [0.5, 0.6) is 0 Å². The molecule has 0 saturated heterocycles. The molecule has 1 heterocycles. The second kappa shape index (κ2) is 6.00. The van der Waals surface area contributed by atoms with Gasteiger partial charge in [-0.15, -0.1) is 0 Å². The number of aryl methyl sites for hydroxylation is 1. The van der Waals surface area contributed by atoms with E-state index < -0.39 is 6.04 Å². The third-order valence-electron chi connectivity index (χ3n) is 3.16. The molecule has 1 rings (SSSR count). The largest absolute Gasteiger partial charge is 0.348 e. The molecule has 1 aromatic heterocycles. The lowest BCUT2D eigenvalue weighted by atomic mass is 10.0. The molecule has 5 nitrogen and oxygen atoms in total. The molecule has 0 fully saturated rings. The molecular formula is C13H24N4O. The lowest BCUT2D eigenvalue weighted by Gasteiger charge is -2.18. The first-order valence-electron chi connectivity index (χ1n) is 6.37. The van der Waals surface area contributed by atoms with Crippen molar-refractivity contribution in [3.63, 3.8) is 0 Å². The van der Waals surface area contributed by atoms with Gasteiger partial charge in [-0.25, -0.2) is 0 Å². The molecule has 5 heteroatoms. The van der Waals surface area contributed by atoms with Gasteiger partial charge in [0.25, 0.3) is 0 Å². The summed E-state index contributed by atoms with van der Waals surface area (Å²) in [5.74, 6) is 0.320. The third kappa shape index (κ3) is 3.57. The monoisotopic (exact) mass is 252 g/mol. The molecule has 102 valence electrons. The predicted octanol–water partition coefficient (Wildman–Crippen LogP) is 1.28. The number of carbonyl (C=O) groups is 1. The topological polar surface area (TPSA) is 72.9 Å². The number of aromatic nitrogens is 2. The lowest BCUT2D eigenvalue weighted by molar-refractivity contribution is -0.123. The van der Waals surface area contributed by atoms with Crippen molar-refractivity contribution in [3.05, 3.63) is 17.5 Å². The van der Waals surface area contributed by atoms with E-state index in [1.54, 1.807) is 10.9 Å². The minimum atomic E-state index is -0.440. The van der Waals surface area contributed by atoms with Gasteiger partial charge in [-0.05, 0) is 26.2 Å². The zero-order chi connectivity index (χ0) is 13.9. The van der Waals surface area contributed by atoms with Crippen molar-refractivity contribution in [1.29, 1.82) is 0 Å². The van der Waals surface area contributed by atoms with Crippen molar-refractivity contribution in [2.45, 2.75) is 46.2 Å². The van der Waals surface area contributed by atoms with Crippen LogP contribution in [-0.4, -0.2) is 21.7 Å². The van der Waals surface area contributed by atoms with Crippen molar-refractivity contribution in [3.8, 4) is 0 Å². The second-order valence-corrected chi connectivity index (χ2v) is 5.28. The van der Waals surface area contributed by atoms with E-state index in [2.05, 4.69) is 24.3 Å². The van der Waals surface area contributed by atoms with Crippen LogP contribution in [0.15, 0.2) is 6.20 Å². The van der Waals surface area contributed by atoms with Crippen LogP contribution >= 0.6 is 0 Å². The summed E-state index contributed by atoms with van der Waals surface area (Å²) in [5, 5.41) is 7.11. The number of amides is 1. The standard InChI is InChI=1S/C13H24N4O/c1-8(2)6-12(14)13(18)16-9(3)11-7-15-17(5)10(11)4/h7-9,12H,6,14H2,1-5H3,(H,16,18)/t9?,12-/m0/s1. The van der Waals surface area contributed by atoms with Crippen LogP contribution in [0.4, 0.5) is 0 Å².